The third-order valence-corrected chi connectivity index (χ3v) is 5.84. The molecular formula is C26H29NO4. The van der Waals surface area contributed by atoms with Crippen LogP contribution in [-0.2, 0) is 22.4 Å². The molecule has 2 aromatic carbocycles. The molecule has 0 fully saturated rings. The fraction of sp³-hybridized carbons (Fsp3) is 0.385. The van der Waals surface area contributed by atoms with Crippen molar-refractivity contribution in [1.29, 1.82) is 0 Å². The van der Waals surface area contributed by atoms with Crippen molar-refractivity contribution in [3.8, 4) is 17.2 Å². The van der Waals surface area contributed by atoms with E-state index in [0.717, 1.165) is 35.6 Å². The molecule has 5 nitrogen and oxygen atoms in total. The number of aryl methyl sites for hydroxylation is 1. The number of methoxy groups -OCH3 is 1. The lowest BCUT2D eigenvalue weighted by molar-refractivity contribution is -0.141. The summed E-state index contributed by atoms with van der Waals surface area (Å²) in [7, 11) is 1.44. The number of carbonyl (C=O) groups is 1. The van der Waals surface area contributed by atoms with Gasteiger partial charge < -0.3 is 13.9 Å². The van der Waals surface area contributed by atoms with Crippen LogP contribution in [0.1, 0.15) is 61.1 Å². The smallest absolute Gasteiger partial charge is 0.306 e. The Kier molecular flexibility index (Phi) is 6.40. The number of carbonyl (C=O) groups excluding carboxylic acids is 1. The van der Waals surface area contributed by atoms with E-state index in [0.29, 0.717) is 25.3 Å². The van der Waals surface area contributed by atoms with Crippen LogP contribution in [0.25, 0.3) is 11.5 Å². The molecule has 0 radical (unpaired) electrons. The predicted molar refractivity (Wildman–Crippen MR) is 119 cm³/mol. The molecule has 31 heavy (non-hydrogen) atoms. The molecule has 0 aliphatic heterocycles. The summed E-state index contributed by atoms with van der Waals surface area (Å²) < 4.78 is 16.9. The normalized spacial score (nSPS) is 15.2. The van der Waals surface area contributed by atoms with Crippen LogP contribution in [0.3, 0.4) is 0 Å². The Bertz CT molecular complexity index is 1040. The number of fused-ring (bicyclic) bond motifs is 1. The molecule has 1 aliphatic rings. The van der Waals surface area contributed by atoms with Crippen molar-refractivity contribution in [2.75, 3.05) is 13.7 Å². The van der Waals surface area contributed by atoms with Gasteiger partial charge in [-0.05, 0) is 54.2 Å². The van der Waals surface area contributed by atoms with E-state index in [4.69, 9.17) is 18.9 Å². The van der Waals surface area contributed by atoms with Crippen LogP contribution in [-0.4, -0.2) is 24.7 Å². The Labute approximate surface area is 183 Å². The fourth-order valence-corrected chi connectivity index (χ4v) is 4.23. The Balaban J connectivity index is 1.41. The summed E-state index contributed by atoms with van der Waals surface area (Å²) in [6.07, 6.45) is 3.08. The van der Waals surface area contributed by atoms with Gasteiger partial charge >= 0.3 is 5.97 Å². The van der Waals surface area contributed by atoms with Crippen molar-refractivity contribution in [2.45, 2.75) is 51.4 Å². The van der Waals surface area contributed by atoms with E-state index in [-0.39, 0.29) is 17.8 Å². The highest BCUT2D eigenvalue weighted by Gasteiger charge is 2.25. The van der Waals surface area contributed by atoms with Gasteiger partial charge in [0, 0.05) is 17.9 Å². The first-order chi connectivity index (χ1) is 15.0. The summed E-state index contributed by atoms with van der Waals surface area (Å²) in [5, 5.41) is 0. The highest BCUT2D eigenvalue weighted by atomic mass is 16.5. The largest absolute Gasteiger partial charge is 0.493 e. The second-order valence-electron chi connectivity index (χ2n) is 8.33. The van der Waals surface area contributed by atoms with Gasteiger partial charge in [0.05, 0.1) is 25.8 Å². The first-order valence-corrected chi connectivity index (χ1v) is 10.9. The Morgan fingerprint density at radius 1 is 1.19 bits per heavy atom. The van der Waals surface area contributed by atoms with Gasteiger partial charge in [0.2, 0.25) is 5.89 Å². The summed E-state index contributed by atoms with van der Waals surface area (Å²) in [5.41, 5.74) is 4.44. The van der Waals surface area contributed by atoms with E-state index in [1.54, 1.807) is 0 Å². The minimum absolute atomic E-state index is 0.151. The number of benzene rings is 2. The van der Waals surface area contributed by atoms with Gasteiger partial charge in [0.1, 0.15) is 11.5 Å². The lowest BCUT2D eigenvalue weighted by atomic mass is 9.98. The van der Waals surface area contributed by atoms with Gasteiger partial charge in [-0.3, -0.25) is 4.79 Å². The van der Waals surface area contributed by atoms with Crippen LogP contribution < -0.4 is 4.74 Å². The molecule has 1 aromatic heterocycles. The van der Waals surface area contributed by atoms with Gasteiger partial charge in [-0.25, -0.2) is 4.98 Å². The highest BCUT2D eigenvalue weighted by molar-refractivity contribution is 5.70. The number of ether oxygens (including phenoxy) is 2. The second-order valence-corrected chi connectivity index (χ2v) is 8.33. The van der Waals surface area contributed by atoms with Crippen molar-refractivity contribution in [3.05, 3.63) is 71.1 Å². The minimum Gasteiger partial charge on any atom is -0.493 e. The molecule has 0 saturated carbocycles. The fourth-order valence-electron chi connectivity index (χ4n) is 4.23. The van der Waals surface area contributed by atoms with Gasteiger partial charge in [-0.2, -0.15) is 0 Å². The van der Waals surface area contributed by atoms with E-state index < -0.39 is 0 Å². The van der Waals surface area contributed by atoms with Gasteiger partial charge in [-0.15, -0.1) is 0 Å². The maximum Gasteiger partial charge on any atom is 0.306 e. The molecule has 0 N–H and O–H groups in total. The van der Waals surface area contributed by atoms with Crippen LogP contribution >= 0.6 is 0 Å². The van der Waals surface area contributed by atoms with Crippen molar-refractivity contribution >= 4 is 5.97 Å². The van der Waals surface area contributed by atoms with Gasteiger partial charge in [0.15, 0.2) is 0 Å². The first kappa shape index (κ1) is 21.2. The van der Waals surface area contributed by atoms with E-state index in [2.05, 4.69) is 26.0 Å². The first-order valence-electron chi connectivity index (χ1n) is 10.9. The number of hydrogen-bond donors (Lipinski definition) is 0. The van der Waals surface area contributed by atoms with E-state index in [1.807, 2.05) is 36.4 Å². The van der Waals surface area contributed by atoms with Crippen LogP contribution in [0.5, 0.6) is 5.75 Å². The molecule has 1 unspecified atom stereocenters. The molecule has 1 heterocycles. The highest BCUT2D eigenvalue weighted by Crippen LogP contribution is 2.37. The lowest BCUT2D eigenvalue weighted by Gasteiger charge is -2.11. The second kappa shape index (κ2) is 9.38. The lowest BCUT2D eigenvalue weighted by Crippen LogP contribution is -2.06. The van der Waals surface area contributed by atoms with E-state index in [9.17, 15) is 4.79 Å². The zero-order chi connectivity index (χ0) is 21.8. The monoisotopic (exact) mass is 419 g/mol. The maximum absolute atomic E-state index is 11.6. The zero-order valence-corrected chi connectivity index (χ0v) is 18.4. The Hall–Kier alpha value is -3.08. The molecule has 0 amide bonds. The number of oxazole rings is 1. The van der Waals surface area contributed by atoms with Gasteiger partial charge in [0.25, 0.3) is 0 Å². The SMILES string of the molecule is COC(=O)CC1CCc2cc(OCCc3nc(-c4ccccc4)oc3C(C)C)ccc21. The van der Waals surface area contributed by atoms with E-state index >= 15 is 0 Å². The predicted octanol–water partition coefficient (Wildman–Crippen LogP) is 5.68. The average molecular weight is 420 g/mol. The molecule has 0 bridgehead atoms. The summed E-state index contributed by atoms with van der Waals surface area (Å²) in [6, 6.07) is 16.2. The van der Waals surface area contributed by atoms with Crippen LogP contribution in [0.4, 0.5) is 0 Å². The molecule has 0 spiro atoms. The van der Waals surface area contributed by atoms with Crippen LogP contribution in [0, 0.1) is 0 Å². The van der Waals surface area contributed by atoms with Crippen LogP contribution in [0.15, 0.2) is 52.9 Å². The topological polar surface area (TPSA) is 61.6 Å². The van der Waals surface area contributed by atoms with Gasteiger partial charge in [-0.1, -0.05) is 38.1 Å². The molecule has 3 aromatic rings. The van der Waals surface area contributed by atoms with Crippen molar-refractivity contribution in [2.24, 2.45) is 0 Å². The summed E-state index contributed by atoms with van der Waals surface area (Å²) in [4.78, 5) is 16.4. The molecule has 1 aliphatic carbocycles. The summed E-state index contributed by atoms with van der Waals surface area (Å²) >= 11 is 0. The Morgan fingerprint density at radius 2 is 2.00 bits per heavy atom. The van der Waals surface area contributed by atoms with Crippen molar-refractivity contribution < 1.29 is 18.7 Å². The standard InChI is InChI=1S/C26H29NO4/c1-17(2)25-23(27-26(31-25)18-7-5-4-6-8-18)13-14-30-21-11-12-22-19(15-21)9-10-20(22)16-24(28)29-3/h4-8,11-12,15,17,20H,9-10,13-14,16H2,1-3H3. The number of nitrogens with zero attached hydrogens (tertiary/aromatic N) is 1. The van der Waals surface area contributed by atoms with Crippen molar-refractivity contribution in [3.63, 3.8) is 0 Å². The number of esters is 1. The third-order valence-electron chi connectivity index (χ3n) is 5.84. The average Bonchev–Trinajstić information content (AvgIpc) is 3.39. The van der Waals surface area contributed by atoms with Crippen LogP contribution in [0.2, 0.25) is 0 Å². The number of hydrogen-bond acceptors (Lipinski definition) is 5. The zero-order valence-electron chi connectivity index (χ0n) is 18.4. The third kappa shape index (κ3) is 4.82. The summed E-state index contributed by atoms with van der Waals surface area (Å²) in [5.74, 6) is 2.79. The Morgan fingerprint density at radius 3 is 2.74 bits per heavy atom. The quantitative estimate of drug-likeness (QED) is 0.440. The number of aromatic nitrogens is 1. The van der Waals surface area contributed by atoms with Crippen molar-refractivity contribution in [1.82, 2.24) is 4.98 Å². The molecule has 162 valence electrons. The molecular weight excluding hydrogens is 390 g/mol. The maximum atomic E-state index is 11.6. The molecule has 0 saturated heterocycles. The molecule has 5 heteroatoms. The number of rotatable bonds is 8. The van der Waals surface area contributed by atoms with E-state index in [1.165, 1.54) is 18.2 Å². The molecule has 4 rings (SSSR count). The molecule has 1 atom stereocenters. The summed E-state index contributed by atoms with van der Waals surface area (Å²) in [6.45, 7) is 4.76. The minimum atomic E-state index is -0.151.